The van der Waals surface area contributed by atoms with Crippen LogP contribution in [0.25, 0.3) is 0 Å². The number of hydrogen-bond acceptors (Lipinski definition) is 2. The van der Waals surface area contributed by atoms with Gasteiger partial charge in [-0.25, -0.2) is 9.59 Å². The molecule has 1 heterocycles. The molecule has 1 aromatic carbocycles. The molecule has 0 aromatic heterocycles. The molecule has 2 amide bonds. The van der Waals surface area contributed by atoms with Crippen molar-refractivity contribution < 1.29 is 14.7 Å². The molecule has 1 saturated heterocycles. The predicted molar refractivity (Wildman–Crippen MR) is 82.0 cm³/mol. The Morgan fingerprint density at radius 1 is 1.38 bits per heavy atom. The second-order valence-corrected chi connectivity index (χ2v) is 5.80. The highest BCUT2D eigenvalue weighted by Crippen LogP contribution is 2.27. The lowest BCUT2D eigenvalue weighted by atomic mass is 10.1. The average Bonchev–Trinajstić information content (AvgIpc) is 2.79. The highest BCUT2D eigenvalue weighted by molar-refractivity contribution is 6.31. The van der Waals surface area contributed by atoms with Gasteiger partial charge in [-0.3, -0.25) is 0 Å². The number of carbonyl (C=O) groups is 2. The number of carbonyl (C=O) groups excluding carboxylic acids is 1. The van der Waals surface area contributed by atoms with E-state index in [9.17, 15) is 9.59 Å². The number of benzene rings is 1. The Hall–Kier alpha value is -1.75. The highest BCUT2D eigenvalue weighted by Gasteiger charge is 2.33. The third-order valence-electron chi connectivity index (χ3n) is 3.89. The molecular weight excluding hydrogens is 292 g/mol. The van der Waals surface area contributed by atoms with Gasteiger partial charge in [0.1, 0.15) is 0 Å². The van der Waals surface area contributed by atoms with E-state index < -0.39 is 5.97 Å². The van der Waals surface area contributed by atoms with Crippen LogP contribution in [0.3, 0.4) is 0 Å². The first-order chi connectivity index (χ1) is 9.92. The van der Waals surface area contributed by atoms with Crippen molar-refractivity contribution in [3.8, 4) is 0 Å². The van der Waals surface area contributed by atoms with Crippen molar-refractivity contribution in [2.45, 2.75) is 45.2 Å². The number of carboxylic acid groups (broad SMARTS) is 1. The maximum atomic E-state index is 12.4. The van der Waals surface area contributed by atoms with Gasteiger partial charge in [-0.2, -0.15) is 0 Å². The molecule has 1 fully saturated rings. The quantitative estimate of drug-likeness (QED) is 0.891. The first-order valence-corrected chi connectivity index (χ1v) is 7.43. The Kier molecular flexibility index (Phi) is 4.73. The first kappa shape index (κ1) is 15.6. The number of likely N-dealkylation sites (tertiary alicyclic amines) is 1. The lowest BCUT2D eigenvalue weighted by Gasteiger charge is -2.28. The summed E-state index contributed by atoms with van der Waals surface area (Å²) < 4.78 is 0. The Morgan fingerprint density at radius 2 is 2.10 bits per heavy atom. The van der Waals surface area contributed by atoms with E-state index in [1.165, 1.54) is 12.1 Å². The van der Waals surface area contributed by atoms with Crippen molar-refractivity contribution in [1.82, 2.24) is 4.90 Å². The molecule has 2 unspecified atom stereocenters. The van der Waals surface area contributed by atoms with Crippen molar-refractivity contribution in [2.24, 2.45) is 0 Å². The van der Waals surface area contributed by atoms with Gasteiger partial charge >= 0.3 is 12.0 Å². The van der Waals surface area contributed by atoms with Crippen LogP contribution >= 0.6 is 11.6 Å². The molecule has 0 spiro atoms. The Morgan fingerprint density at radius 3 is 2.71 bits per heavy atom. The van der Waals surface area contributed by atoms with E-state index in [4.69, 9.17) is 16.7 Å². The molecule has 1 aliphatic rings. The summed E-state index contributed by atoms with van der Waals surface area (Å²) in [5, 5.41) is 12.1. The van der Waals surface area contributed by atoms with Crippen LogP contribution in [0.15, 0.2) is 18.2 Å². The zero-order chi connectivity index (χ0) is 15.6. The van der Waals surface area contributed by atoms with Crippen LogP contribution < -0.4 is 5.32 Å². The van der Waals surface area contributed by atoms with Gasteiger partial charge < -0.3 is 15.3 Å². The molecule has 5 nitrogen and oxygen atoms in total. The van der Waals surface area contributed by atoms with Crippen LogP contribution in [-0.4, -0.2) is 34.1 Å². The fourth-order valence-electron chi connectivity index (χ4n) is 2.81. The normalized spacial score (nSPS) is 21.4. The summed E-state index contributed by atoms with van der Waals surface area (Å²) >= 11 is 5.89. The molecule has 2 atom stereocenters. The minimum absolute atomic E-state index is 0.0549. The van der Waals surface area contributed by atoms with Gasteiger partial charge in [-0.05, 0) is 44.4 Å². The summed E-state index contributed by atoms with van der Waals surface area (Å²) in [6, 6.07) is 4.53. The zero-order valence-corrected chi connectivity index (χ0v) is 12.9. The predicted octanol–water partition coefficient (Wildman–Crippen LogP) is 3.83. The minimum Gasteiger partial charge on any atom is -0.478 e. The number of nitrogens with one attached hydrogen (secondary N) is 1. The van der Waals surface area contributed by atoms with E-state index in [0.717, 1.165) is 19.3 Å². The SMILES string of the molecule is CCC1CCC(C)N1C(=O)Nc1cc(Cl)cc(C(=O)O)c1. The third kappa shape index (κ3) is 3.47. The zero-order valence-electron chi connectivity index (χ0n) is 12.1. The van der Waals surface area contributed by atoms with Crippen molar-refractivity contribution in [3.63, 3.8) is 0 Å². The monoisotopic (exact) mass is 310 g/mol. The van der Waals surface area contributed by atoms with Gasteiger partial charge in [0.2, 0.25) is 0 Å². The summed E-state index contributed by atoms with van der Waals surface area (Å²) in [6.45, 7) is 4.08. The van der Waals surface area contributed by atoms with E-state index in [1.807, 2.05) is 11.8 Å². The Balaban J connectivity index is 2.17. The van der Waals surface area contributed by atoms with Crippen molar-refractivity contribution in [2.75, 3.05) is 5.32 Å². The standard InChI is InChI=1S/C15H19ClN2O3/c1-3-13-5-4-9(2)18(13)15(21)17-12-7-10(14(19)20)6-11(16)8-12/h6-9,13H,3-5H2,1-2H3,(H,17,21)(H,19,20). The first-order valence-electron chi connectivity index (χ1n) is 7.05. The molecular formula is C15H19ClN2O3. The second kappa shape index (κ2) is 6.35. The fraction of sp³-hybridized carbons (Fsp3) is 0.467. The van der Waals surface area contributed by atoms with Gasteiger partial charge in [0.25, 0.3) is 0 Å². The van der Waals surface area contributed by atoms with Gasteiger partial charge in [0, 0.05) is 22.8 Å². The summed E-state index contributed by atoms with van der Waals surface area (Å²) in [6.07, 6.45) is 2.90. The number of hydrogen-bond donors (Lipinski definition) is 2. The Labute approximate surface area is 128 Å². The van der Waals surface area contributed by atoms with Crippen LogP contribution in [0.5, 0.6) is 0 Å². The van der Waals surface area contributed by atoms with Crippen LogP contribution in [0.4, 0.5) is 10.5 Å². The van der Waals surface area contributed by atoms with E-state index in [0.29, 0.717) is 5.69 Å². The molecule has 0 radical (unpaired) electrons. The smallest absolute Gasteiger partial charge is 0.335 e. The molecule has 0 bridgehead atoms. The molecule has 2 rings (SSSR count). The number of halogens is 1. The average molecular weight is 311 g/mol. The second-order valence-electron chi connectivity index (χ2n) is 5.36. The van der Waals surface area contributed by atoms with Crippen molar-refractivity contribution >= 4 is 29.3 Å². The largest absolute Gasteiger partial charge is 0.478 e. The van der Waals surface area contributed by atoms with Gasteiger partial charge in [0.05, 0.1) is 5.56 Å². The summed E-state index contributed by atoms with van der Waals surface area (Å²) in [5.41, 5.74) is 0.457. The lowest BCUT2D eigenvalue weighted by Crippen LogP contribution is -2.42. The molecule has 114 valence electrons. The summed E-state index contributed by atoms with van der Waals surface area (Å²) in [7, 11) is 0. The van der Waals surface area contributed by atoms with Crippen molar-refractivity contribution in [3.05, 3.63) is 28.8 Å². The maximum Gasteiger partial charge on any atom is 0.335 e. The number of nitrogens with zero attached hydrogens (tertiary/aromatic N) is 1. The topological polar surface area (TPSA) is 69.6 Å². The van der Waals surface area contributed by atoms with Gasteiger partial charge in [-0.1, -0.05) is 18.5 Å². The molecule has 0 aliphatic carbocycles. The van der Waals surface area contributed by atoms with Gasteiger partial charge in [-0.15, -0.1) is 0 Å². The maximum absolute atomic E-state index is 12.4. The number of urea groups is 1. The van der Waals surface area contributed by atoms with Crippen LogP contribution in [0.1, 0.15) is 43.5 Å². The third-order valence-corrected chi connectivity index (χ3v) is 4.11. The molecule has 1 aromatic rings. The van der Waals surface area contributed by atoms with E-state index in [2.05, 4.69) is 12.2 Å². The van der Waals surface area contributed by atoms with E-state index in [1.54, 1.807) is 6.07 Å². The highest BCUT2D eigenvalue weighted by atomic mass is 35.5. The fourth-order valence-corrected chi connectivity index (χ4v) is 3.05. The molecule has 0 saturated carbocycles. The number of amides is 2. The number of carboxylic acids is 1. The van der Waals surface area contributed by atoms with Crippen molar-refractivity contribution in [1.29, 1.82) is 0 Å². The van der Waals surface area contributed by atoms with E-state index >= 15 is 0 Å². The van der Waals surface area contributed by atoms with Crippen LogP contribution in [0.2, 0.25) is 5.02 Å². The lowest BCUT2D eigenvalue weighted by molar-refractivity contribution is 0.0697. The molecule has 6 heteroatoms. The molecule has 21 heavy (non-hydrogen) atoms. The number of anilines is 1. The number of rotatable bonds is 3. The molecule has 1 aliphatic heterocycles. The van der Waals surface area contributed by atoms with E-state index in [-0.39, 0.29) is 28.7 Å². The minimum atomic E-state index is -1.08. The Bertz CT molecular complexity index is 562. The van der Waals surface area contributed by atoms with Crippen LogP contribution in [0, 0.1) is 0 Å². The summed E-state index contributed by atoms with van der Waals surface area (Å²) in [5.74, 6) is -1.08. The molecule has 2 N–H and O–H groups in total. The van der Waals surface area contributed by atoms with Gasteiger partial charge in [0.15, 0.2) is 0 Å². The van der Waals surface area contributed by atoms with Crippen LogP contribution in [-0.2, 0) is 0 Å². The summed E-state index contributed by atoms with van der Waals surface area (Å²) in [4.78, 5) is 25.3. The number of aromatic carboxylic acids is 1.